The summed E-state index contributed by atoms with van der Waals surface area (Å²) in [4.78, 5) is 0. The highest BCUT2D eigenvalue weighted by molar-refractivity contribution is 7.91. The molecule has 1 aliphatic rings. The number of aliphatic hydroxyl groups is 1. The minimum absolute atomic E-state index is 0.0679. The van der Waals surface area contributed by atoms with Gasteiger partial charge in [0.1, 0.15) is 9.84 Å². The highest BCUT2D eigenvalue weighted by Gasteiger charge is 2.30. The van der Waals surface area contributed by atoms with Gasteiger partial charge in [-0.1, -0.05) is 20.3 Å². The largest absolute Gasteiger partial charge is 0.395 e. The van der Waals surface area contributed by atoms with E-state index in [1.165, 1.54) is 6.26 Å². The molecule has 102 valence electrons. The zero-order valence-electron chi connectivity index (χ0n) is 11.0. The highest BCUT2D eigenvalue weighted by atomic mass is 32.2. The summed E-state index contributed by atoms with van der Waals surface area (Å²) >= 11 is 0. The van der Waals surface area contributed by atoms with E-state index in [0.29, 0.717) is 12.3 Å². The Labute approximate surface area is 105 Å². The van der Waals surface area contributed by atoms with Crippen molar-refractivity contribution in [1.82, 2.24) is 5.32 Å². The fourth-order valence-corrected chi connectivity index (χ4v) is 3.62. The molecule has 0 aliphatic heterocycles. The van der Waals surface area contributed by atoms with Gasteiger partial charge in [0.2, 0.25) is 0 Å². The average molecular weight is 263 g/mol. The SMILES string of the molecule is CC(C)C(CO)NC1CCCC(S(C)(=O)=O)C1. The molecule has 4 nitrogen and oxygen atoms in total. The van der Waals surface area contributed by atoms with E-state index in [9.17, 15) is 13.5 Å². The van der Waals surface area contributed by atoms with E-state index in [4.69, 9.17) is 0 Å². The maximum atomic E-state index is 11.5. The Morgan fingerprint density at radius 1 is 1.35 bits per heavy atom. The molecule has 0 aromatic carbocycles. The second-order valence-corrected chi connectivity index (χ2v) is 7.84. The first-order valence-corrected chi connectivity index (χ1v) is 8.35. The van der Waals surface area contributed by atoms with Crippen molar-refractivity contribution >= 4 is 9.84 Å². The zero-order chi connectivity index (χ0) is 13.1. The molecule has 17 heavy (non-hydrogen) atoms. The number of nitrogens with one attached hydrogen (secondary N) is 1. The van der Waals surface area contributed by atoms with E-state index in [1.807, 2.05) is 0 Å². The molecule has 0 spiro atoms. The Hall–Kier alpha value is -0.130. The predicted octanol–water partition coefficient (Wildman–Crippen LogP) is 0.949. The quantitative estimate of drug-likeness (QED) is 0.775. The summed E-state index contributed by atoms with van der Waals surface area (Å²) in [5.74, 6) is 0.360. The average Bonchev–Trinajstić information content (AvgIpc) is 2.24. The second-order valence-electron chi connectivity index (χ2n) is 5.51. The van der Waals surface area contributed by atoms with Gasteiger partial charge >= 0.3 is 0 Å². The van der Waals surface area contributed by atoms with Gasteiger partial charge in [-0.2, -0.15) is 0 Å². The second kappa shape index (κ2) is 6.16. The van der Waals surface area contributed by atoms with Crippen LogP contribution >= 0.6 is 0 Å². The van der Waals surface area contributed by atoms with Crippen LogP contribution in [0.4, 0.5) is 0 Å². The van der Waals surface area contributed by atoms with E-state index < -0.39 is 9.84 Å². The van der Waals surface area contributed by atoms with Crippen molar-refractivity contribution in [1.29, 1.82) is 0 Å². The Balaban J connectivity index is 2.55. The highest BCUT2D eigenvalue weighted by Crippen LogP contribution is 2.24. The first kappa shape index (κ1) is 14.9. The van der Waals surface area contributed by atoms with Gasteiger partial charge < -0.3 is 10.4 Å². The van der Waals surface area contributed by atoms with Gasteiger partial charge in [0.25, 0.3) is 0 Å². The minimum atomic E-state index is -2.92. The van der Waals surface area contributed by atoms with Crippen LogP contribution in [0.3, 0.4) is 0 Å². The van der Waals surface area contributed by atoms with Crippen LogP contribution in [-0.4, -0.2) is 43.7 Å². The summed E-state index contributed by atoms with van der Waals surface area (Å²) in [6, 6.07) is 0.293. The molecule has 0 heterocycles. The van der Waals surface area contributed by atoms with Gasteiger partial charge in [0, 0.05) is 18.3 Å². The molecular formula is C12H25NO3S. The standard InChI is InChI=1S/C12H25NO3S/c1-9(2)12(8-14)13-10-5-4-6-11(7-10)17(3,15)16/h9-14H,4-8H2,1-3H3. The van der Waals surface area contributed by atoms with Crippen LogP contribution < -0.4 is 5.32 Å². The van der Waals surface area contributed by atoms with Crippen LogP contribution in [0.25, 0.3) is 0 Å². The Morgan fingerprint density at radius 2 is 2.00 bits per heavy atom. The van der Waals surface area contributed by atoms with Crippen molar-refractivity contribution in [2.45, 2.75) is 56.9 Å². The fourth-order valence-electron chi connectivity index (χ4n) is 2.44. The van der Waals surface area contributed by atoms with Crippen LogP contribution in [0.2, 0.25) is 0 Å². The molecule has 3 atom stereocenters. The van der Waals surface area contributed by atoms with E-state index in [0.717, 1.165) is 19.3 Å². The summed E-state index contributed by atoms with van der Waals surface area (Å²) in [7, 11) is -2.92. The number of hydrogen-bond acceptors (Lipinski definition) is 4. The Kier molecular flexibility index (Phi) is 5.41. The monoisotopic (exact) mass is 263 g/mol. The van der Waals surface area contributed by atoms with Gasteiger partial charge in [0.05, 0.1) is 11.9 Å². The Morgan fingerprint density at radius 3 is 2.47 bits per heavy atom. The van der Waals surface area contributed by atoms with Gasteiger partial charge in [-0.25, -0.2) is 8.42 Å². The van der Waals surface area contributed by atoms with Crippen LogP contribution in [0.5, 0.6) is 0 Å². The molecule has 0 aromatic heterocycles. The zero-order valence-corrected chi connectivity index (χ0v) is 11.8. The molecule has 2 N–H and O–H groups in total. The smallest absolute Gasteiger partial charge is 0.150 e. The molecule has 0 bridgehead atoms. The van der Waals surface area contributed by atoms with E-state index in [2.05, 4.69) is 19.2 Å². The third-order valence-corrected chi connectivity index (χ3v) is 5.32. The summed E-state index contributed by atoms with van der Waals surface area (Å²) < 4.78 is 23.1. The lowest BCUT2D eigenvalue weighted by Gasteiger charge is -2.32. The summed E-state index contributed by atoms with van der Waals surface area (Å²) in [6.07, 6.45) is 4.75. The molecule has 1 saturated carbocycles. The van der Waals surface area contributed by atoms with Crippen LogP contribution in [0.1, 0.15) is 39.5 Å². The van der Waals surface area contributed by atoms with Gasteiger partial charge in [-0.05, 0) is 25.2 Å². The van der Waals surface area contributed by atoms with E-state index in [1.54, 1.807) is 0 Å². The number of rotatable bonds is 5. The third kappa shape index (κ3) is 4.56. The first-order valence-electron chi connectivity index (χ1n) is 6.40. The van der Waals surface area contributed by atoms with Crippen molar-refractivity contribution in [3.63, 3.8) is 0 Å². The molecule has 1 aliphatic carbocycles. The predicted molar refractivity (Wildman–Crippen MR) is 69.7 cm³/mol. The lowest BCUT2D eigenvalue weighted by Crippen LogP contribution is -2.47. The third-order valence-electron chi connectivity index (χ3n) is 3.68. The summed E-state index contributed by atoms with van der Waals surface area (Å²) in [5, 5.41) is 12.5. The molecule has 1 fully saturated rings. The van der Waals surface area contributed by atoms with Crippen molar-refractivity contribution in [2.24, 2.45) is 5.92 Å². The van der Waals surface area contributed by atoms with Gasteiger partial charge in [0.15, 0.2) is 0 Å². The molecule has 1 rings (SSSR count). The topological polar surface area (TPSA) is 66.4 Å². The number of aliphatic hydroxyl groups excluding tert-OH is 1. The molecule has 0 radical (unpaired) electrons. The molecule has 3 unspecified atom stereocenters. The van der Waals surface area contributed by atoms with Gasteiger partial charge in [-0.3, -0.25) is 0 Å². The summed E-state index contributed by atoms with van der Waals surface area (Å²) in [5.41, 5.74) is 0. The summed E-state index contributed by atoms with van der Waals surface area (Å²) in [6.45, 7) is 4.23. The Bertz CT molecular complexity index is 327. The maximum Gasteiger partial charge on any atom is 0.150 e. The molecule has 0 amide bonds. The fraction of sp³-hybridized carbons (Fsp3) is 1.00. The van der Waals surface area contributed by atoms with Crippen LogP contribution in [0.15, 0.2) is 0 Å². The van der Waals surface area contributed by atoms with Crippen molar-refractivity contribution in [3.8, 4) is 0 Å². The first-order chi connectivity index (χ1) is 7.84. The minimum Gasteiger partial charge on any atom is -0.395 e. The number of sulfone groups is 1. The lowest BCUT2D eigenvalue weighted by molar-refractivity contribution is 0.188. The van der Waals surface area contributed by atoms with E-state index >= 15 is 0 Å². The van der Waals surface area contributed by atoms with Crippen molar-refractivity contribution < 1.29 is 13.5 Å². The lowest BCUT2D eigenvalue weighted by atomic mass is 9.93. The van der Waals surface area contributed by atoms with Crippen molar-refractivity contribution in [3.05, 3.63) is 0 Å². The van der Waals surface area contributed by atoms with Gasteiger partial charge in [-0.15, -0.1) is 0 Å². The molecule has 5 heteroatoms. The van der Waals surface area contributed by atoms with Crippen molar-refractivity contribution in [2.75, 3.05) is 12.9 Å². The molecule has 0 saturated heterocycles. The van der Waals surface area contributed by atoms with E-state index in [-0.39, 0.29) is 23.9 Å². The maximum absolute atomic E-state index is 11.5. The van der Waals surface area contributed by atoms with Crippen LogP contribution in [0, 0.1) is 5.92 Å². The number of hydrogen-bond donors (Lipinski definition) is 2. The normalized spacial score (nSPS) is 28.3. The molecular weight excluding hydrogens is 238 g/mol. The van der Waals surface area contributed by atoms with Crippen LogP contribution in [-0.2, 0) is 9.84 Å². The molecule has 0 aromatic rings.